The van der Waals surface area contributed by atoms with E-state index in [0.29, 0.717) is 5.69 Å². The van der Waals surface area contributed by atoms with Gasteiger partial charge in [-0.3, -0.25) is 9.59 Å². The van der Waals surface area contributed by atoms with Crippen molar-refractivity contribution in [2.24, 2.45) is 5.92 Å². The van der Waals surface area contributed by atoms with Gasteiger partial charge in [-0.1, -0.05) is 29.8 Å². The Labute approximate surface area is 222 Å². The van der Waals surface area contributed by atoms with Gasteiger partial charge in [0.2, 0.25) is 5.91 Å². The largest absolute Gasteiger partial charge is 0.394 e. The number of hydrogen-bond donors (Lipinski definition) is 2. The van der Waals surface area contributed by atoms with Crippen LogP contribution >= 0.6 is 57.4 Å². The molecule has 34 heavy (non-hydrogen) atoms. The number of carbonyl (C=O) groups excluding carboxylic acids is 2. The van der Waals surface area contributed by atoms with Crippen molar-refractivity contribution in [3.8, 4) is 0 Å². The second kappa shape index (κ2) is 9.60. The number of anilines is 2. The summed E-state index contributed by atoms with van der Waals surface area (Å²) in [5.74, 6) is -3.92. The smallest absolute Gasteiger partial charge is 0.231 e. The maximum atomic E-state index is 14.2. The Balaban J connectivity index is 1.51. The van der Waals surface area contributed by atoms with E-state index in [-0.39, 0.29) is 22.1 Å². The monoisotopic (exact) mass is 634 g/mol. The third-order valence-electron chi connectivity index (χ3n) is 5.66. The summed E-state index contributed by atoms with van der Waals surface area (Å²) in [6.07, 6.45) is -0.391. The van der Waals surface area contributed by atoms with Crippen LogP contribution in [0.3, 0.4) is 0 Å². The third kappa shape index (κ3) is 4.89. The molecule has 0 radical (unpaired) electrons. The van der Waals surface area contributed by atoms with Crippen molar-refractivity contribution in [1.29, 1.82) is 0 Å². The second-order valence-electron chi connectivity index (χ2n) is 7.90. The molecule has 176 valence electrons. The van der Waals surface area contributed by atoms with Crippen LogP contribution in [0.15, 0.2) is 54.6 Å². The van der Waals surface area contributed by atoms with E-state index >= 15 is 0 Å². The molecule has 0 spiro atoms. The lowest BCUT2D eigenvalue weighted by atomic mass is 10.0. The molecule has 1 aliphatic rings. The molecule has 0 aliphatic heterocycles. The first-order valence-electron chi connectivity index (χ1n) is 10.00. The number of benzene rings is 3. The van der Waals surface area contributed by atoms with E-state index in [9.17, 15) is 18.4 Å². The first kappa shape index (κ1) is 25.2. The summed E-state index contributed by atoms with van der Waals surface area (Å²) >= 11 is 21.1. The molecule has 0 aromatic heterocycles. The highest BCUT2D eigenvalue weighted by molar-refractivity contribution is 14.1. The average Bonchev–Trinajstić information content (AvgIpc) is 3.37. The first-order chi connectivity index (χ1) is 16.0. The van der Waals surface area contributed by atoms with E-state index in [1.807, 2.05) is 24.3 Å². The van der Waals surface area contributed by atoms with Crippen molar-refractivity contribution < 1.29 is 18.4 Å². The van der Waals surface area contributed by atoms with Gasteiger partial charge in [0.25, 0.3) is 0 Å². The quantitative estimate of drug-likeness (QED) is 0.136. The zero-order valence-corrected chi connectivity index (χ0v) is 21.6. The number of alkyl halides is 2. The molecule has 2 unspecified atom stereocenters. The van der Waals surface area contributed by atoms with Crippen molar-refractivity contribution in [1.82, 2.24) is 0 Å². The van der Waals surface area contributed by atoms with Crippen LogP contribution in [0.4, 0.5) is 20.2 Å². The summed E-state index contributed by atoms with van der Waals surface area (Å²) in [7, 11) is 0. The number of nitrogen functional groups attached to an aromatic ring is 1. The van der Waals surface area contributed by atoms with Crippen LogP contribution in [-0.4, -0.2) is 16.0 Å². The molecular weight excluding hydrogens is 620 g/mol. The fourth-order valence-electron chi connectivity index (χ4n) is 3.79. The van der Waals surface area contributed by atoms with E-state index < -0.39 is 45.7 Å². The Morgan fingerprint density at radius 1 is 1.06 bits per heavy atom. The Morgan fingerprint density at radius 3 is 2.41 bits per heavy atom. The number of nitrogens with one attached hydrogen (secondary N) is 1. The van der Waals surface area contributed by atoms with Gasteiger partial charge in [-0.25, -0.2) is 8.78 Å². The average molecular weight is 636 g/mol. The van der Waals surface area contributed by atoms with Crippen molar-refractivity contribution in [3.05, 3.63) is 91.5 Å². The summed E-state index contributed by atoms with van der Waals surface area (Å²) < 4.78 is 27.4. The number of carbonyl (C=O) groups is 2. The highest BCUT2D eigenvalue weighted by atomic mass is 127. The van der Waals surface area contributed by atoms with Crippen LogP contribution in [0.2, 0.25) is 5.02 Å². The van der Waals surface area contributed by atoms with Crippen molar-refractivity contribution in [2.75, 3.05) is 11.1 Å². The molecule has 3 aromatic carbocycles. The molecule has 2 atom stereocenters. The van der Waals surface area contributed by atoms with Gasteiger partial charge >= 0.3 is 0 Å². The zero-order chi connectivity index (χ0) is 24.8. The molecule has 3 N–H and O–H groups in total. The third-order valence-corrected chi connectivity index (χ3v) is 7.65. The highest BCUT2D eigenvalue weighted by Gasteiger charge is 2.67. The molecule has 0 saturated heterocycles. The lowest BCUT2D eigenvalue weighted by Gasteiger charge is -2.10. The van der Waals surface area contributed by atoms with E-state index in [2.05, 4.69) is 27.9 Å². The summed E-state index contributed by atoms with van der Waals surface area (Å²) in [4.78, 5) is 25.7. The molecular formula is C24H16Cl3F2IN2O2. The predicted octanol–water partition coefficient (Wildman–Crippen LogP) is 6.76. The minimum Gasteiger partial charge on any atom is -0.394 e. The van der Waals surface area contributed by atoms with Gasteiger partial charge in [-0.15, -0.1) is 23.2 Å². The lowest BCUT2D eigenvalue weighted by Crippen LogP contribution is -2.17. The van der Waals surface area contributed by atoms with Crippen LogP contribution in [0.25, 0.3) is 0 Å². The van der Waals surface area contributed by atoms with Crippen molar-refractivity contribution in [3.63, 3.8) is 0 Å². The Hall–Kier alpha value is -1.94. The number of amides is 1. The van der Waals surface area contributed by atoms with Gasteiger partial charge < -0.3 is 11.1 Å². The number of Topliss-reactive ketones (excluding diaryl/α,β-unsaturated/α-hetero) is 1. The first-order valence-corrected chi connectivity index (χ1v) is 12.2. The summed E-state index contributed by atoms with van der Waals surface area (Å²) in [6.45, 7) is 0. The summed E-state index contributed by atoms with van der Waals surface area (Å²) in [5.41, 5.74) is 5.85. The normalized spacial score (nSPS) is 18.4. The fourth-order valence-corrected chi connectivity index (χ4v) is 5.20. The molecule has 0 bridgehead atoms. The standard InChI is InChI=1S/C24H16Cl3F2IN2O2/c25-16-7-6-14(10-15(16)18(33)9-12-3-8-17(28)22(31)21(12)29)32-23(34)20-19(24(20,26)27)11-1-4-13(30)5-2-11/h1-8,10,19-20H,9,31H2,(H,32,34). The van der Waals surface area contributed by atoms with Gasteiger partial charge in [0.1, 0.15) is 15.8 Å². The Morgan fingerprint density at radius 2 is 1.74 bits per heavy atom. The maximum absolute atomic E-state index is 14.2. The topological polar surface area (TPSA) is 72.2 Å². The number of halogens is 6. The molecule has 1 fully saturated rings. The van der Waals surface area contributed by atoms with Crippen LogP contribution in [0.5, 0.6) is 0 Å². The van der Waals surface area contributed by atoms with E-state index in [0.717, 1.165) is 21.3 Å². The predicted molar refractivity (Wildman–Crippen MR) is 139 cm³/mol. The van der Waals surface area contributed by atoms with Crippen molar-refractivity contribution >= 4 is 80.5 Å². The highest BCUT2D eigenvalue weighted by Crippen LogP contribution is 2.65. The van der Waals surface area contributed by atoms with Gasteiger partial charge in [0.15, 0.2) is 11.6 Å². The minimum absolute atomic E-state index is 0.0646. The molecule has 1 amide bonds. The molecule has 3 aromatic rings. The van der Waals surface area contributed by atoms with Crippen LogP contribution in [0, 0.1) is 21.1 Å². The SMILES string of the molecule is Nc1c(F)ccc(CC(=O)c2cc(NC(=O)C3C(c4ccc(I)cc4)C3(Cl)Cl)ccc2Cl)c1F. The molecule has 10 heteroatoms. The number of hydrogen-bond acceptors (Lipinski definition) is 3. The molecule has 1 aliphatic carbocycles. The molecule has 4 nitrogen and oxygen atoms in total. The van der Waals surface area contributed by atoms with Crippen molar-refractivity contribution in [2.45, 2.75) is 16.7 Å². The maximum Gasteiger partial charge on any atom is 0.231 e. The van der Waals surface area contributed by atoms with E-state index in [1.54, 1.807) is 0 Å². The van der Waals surface area contributed by atoms with Crippen LogP contribution < -0.4 is 11.1 Å². The molecule has 1 saturated carbocycles. The Kier molecular flexibility index (Phi) is 7.11. The van der Waals surface area contributed by atoms with E-state index in [4.69, 9.17) is 40.5 Å². The second-order valence-corrected chi connectivity index (χ2v) is 11.0. The fraction of sp³-hybridized carbons (Fsp3) is 0.167. The molecule has 4 rings (SSSR count). The van der Waals surface area contributed by atoms with Gasteiger partial charge in [0.05, 0.1) is 10.9 Å². The lowest BCUT2D eigenvalue weighted by molar-refractivity contribution is -0.117. The van der Waals surface area contributed by atoms with E-state index in [1.165, 1.54) is 18.2 Å². The summed E-state index contributed by atoms with van der Waals surface area (Å²) in [6, 6.07) is 14.1. The van der Waals surface area contributed by atoms with Crippen LogP contribution in [0.1, 0.15) is 27.4 Å². The van der Waals surface area contributed by atoms with Gasteiger partial charge in [0, 0.05) is 27.2 Å². The Bertz CT molecular complexity index is 1300. The van der Waals surface area contributed by atoms with Gasteiger partial charge in [-0.05, 0) is 70.1 Å². The zero-order valence-electron chi connectivity index (χ0n) is 17.2. The number of nitrogens with two attached hydrogens (primary N) is 1. The number of ketones is 1. The van der Waals surface area contributed by atoms with Crippen LogP contribution in [-0.2, 0) is 11.2 Å². The summed E-state index contributed by atoms with van der Waals surface area (Å²) in [5, 5.41) is 2.84. The minimum atomic E-state index is -1.26. The van der Waals surface area contributed by atoms with Gasteiger partial charge in [-0.2, -0.15) is 0 Å². The molecule has 0 heterocycles. The number of rotatable bonds is 6.